The van der Waals surface area contributed by atoms with Gasteiger partial charge in [-0.1, -0.05) is 19.1 Å². The van der Waals surface area contributed by atoms with Gasteiger partial charge in [-0.2, -0.15) is 0 Å². The van der Waals surface area contributed by atoms with E-state index in [4.69, 9.17) is 0 Å². The normalized spacial score (nSPS) is 9.56. The summed E-state index contributed by atoms with van der Waals surface area (Å²) in [7, 11) is 0. The Morgan fingerprint density at radius 2 is 2.31 bits per heavy atom. The Labute approximate surface area is 94.6 Å². The summed E-state index contributed by atoms with van der Waals surface area (Å²) in [6, 6.07) is 7.17. The third-order valence-corrected chi connectivity index (χ3v) is 1.99. The van der Waals surface area contributed by atoms with Gasteiger partial charge in [-0.15, -0.1) is 0 Å². The summed E-state index contributed by atoms with van der Waals surface area (Å²) >= 11 is 0. The number of nitrogens with one attached hydrogen (secondary N) is 1. The standard InChI is InChI=1S/C12H14NO3/c1-2-4-12(15)13-11-6-3-5-10(7-11)8-16-9-14/h3,5-7H,2,4,8H2,1H3,(H,13,15). The monoisotopic (exact) mass is 220 g/mol. The molecule has 0 aromatic heterocycles. The van der Waals surface area contributed by atoms with Crippen molar-refractivity contribution in [3.63, 3.8) is 0 Å². The molecule has 0 fully saturated rings. The van der Waals surface area contributed by atoms with Crippen molar-refractivity contribution in [3.05, 3.63) is 29.8 Å². The summed E-state index contributed by atoms with van der Waals surface area (Å²) < 4.78 is 4.51. The van der Waals surface area contributed by atoms with Crippen LogP contribution in [0.5, 0.6) is 0 Å². The number of anilines is 1. The van der Waals surface area contributed by atoms with Crippen LogP contribution < -0.4 is 5.32 Å². The Kier molecular flexibility index (Phi) is 5.05. The Balaban J connectivity index is 2.59. The lowest BCUT2D eigenvalue weighted by Crippen LogP contribution is -2.10. The first-order valence-corrected chi connectivity index (χ1v) is 5.14. The van der Waals surface area contributed by atoms with E-state index in [1.165, 1.54) is 6.47 Å². The van der Waals surface area contributed by atoms with E-state index in [0.29, 0.717) is 12.1 Å². The summed E-state index contributed by atoms with van der Waals surface area (Å²) in [5.74, 6) is -0.0116. The number of benzene rings is 1. The van der Waals surface area contributed by atoms with E-state index in [2.05, 4.69) is 10.1 Å². The predicted molar refractivity (Wildman–Crippen MR) is 60.5 cm³/mol. The molecule has 0 aliphatic rings. The molecule has 0 spiro atoms. The first-order valence-electron chi connectivity index (χ1n) is 5.14. The van der Waals surface area contributed by atoms with Gasteiger partial charge in [0.25, 0.3) is 0 Å². The summed E-state index contributed by atoms with van der Waals surface area (Å²) in [5, 5.41) is 2.77. The highest BCUT2D eigenvalue weighted by Crippen LogP contribution is 2.11. The lowest BCUT2D eigenvalue weighted by atomic mass is 10.2. The van der Waals surface area contributed by atoms with Gasteiger partial charge in [0.2, 0.25) is 5.91 Å². The zero-order valence-electron chi connectivity index (χ0n) is 9.16. The topological polar surface area (TPSA) is 55.4 Å². The van der Waals surface area contributed by atoms with Crippen LogP contribution in [0.15, 0.2) is 24.3 Å². The molecule has 0 heterocycles. The SMILES string of the molecule is CCCC(=O)Nc1cccc(CO[C]=O)c1. The molecule has 0 unspecified atom stereocenters. The van der Waals surface area contributed by atoms with Gasteiger partial charge in [0.05, 0.1) is 0 Å². The molecule has 1 amide bonds. The average molecular weight is 220 g/mol. The number of amides is 1. The highest BCUT2D eigenvalue weighted by Gasteiger charge is 2.01. The van der Waals surface area contributed by atoms with Crippen LogP contribution in [0.1, 0.15) is 25.3 Å². The van der Waals surface area contributed by atoms with Gasteiger partial charge >= 0.3 is 6.47 Å². The number of carbonyl (C=O) groups is 1. The minimum Gasteiger partial charge on any atom is -0.452 e. The van der Waals surface area contributed by atoms with Crippen LogP contribution in [0.25, 0.3) is 0 Å². The Bertz CT molecular complexity index is 363. The second kappa shape index (κ2) is 6.61. The van der Waals surface area contributed by atoms with E-state index in [0.717, 1.165) is 12.0 Å². The van der Waals surface area contributed by atoms with Crippen LogP contribution in [-0.4, -0.2) is 12.4 Å². The van der Waals surface area contributed by atoms with Crippen molar-refractivity contribution >= 4 is 18.1 Å². The smallest absolute Gasteiger partial charge is 0.417 e. The Morgan fingerprint density at radius 3 is 3.00 bits per heavy atom. The molecule has 1 rings (SSSR count). The van der Waals surface area contributed by atoms with Crippen LogP contribution in [0.3, 0.4) is 0 Å². The second-order valence-corrected chi connectivity index (χ2v) is 3.37. The third kappa shape index (κ3) is 4.13. The zero-order chi connectivity index (χ0) is 11.8. The fourth-order valence-electron chi connectivity index (χ4n) is 1.30. The first-order chi connectivity index (χ1) is 7.76. The molecule has 1 aromatic carbocycles. The maximum Gasteiger partial charge on any atom is 0.417 e. The van der Waals surface area contributed by atoms with Crippen molar-refractivity contribution in [1.82, 2.24) is 0 Å². The van der Waals surface area contributed by atoms with E-state index in [-0.39, 0.29) is 12.5 Å². The van der Waals surface area contributed by atoms with E-state index >= 15 is 0 Å². The molecule has 0 saturated carbocycles. The summed E-state index contributed by atoms with van der Waals surface area (Å²) in [6.45, 7) is 3.48. The summed E-state index contributed by atoms with van der Waals surface area (Å²) in [5.41, 5.74) is 1.53. The van der Waals surface area contributed by atoms with Gasteiger partial charge in [-0.25, -0.2) is 4.79 Å². The van der Waals surface area contributed by atoms with Crippen molar-refractivity contribution in [3.8, 4) is 0 Å². The minimum absolute atomic E-state index is 0.0116. The van der Waals surface area contributed by atoms with Crippen molar-refractivity contribution < 1.29 is 14.3 Å². The van der Waals surface area contributed by atoms with Crippen molar-refractivity contribution in [2.24, 2.45) is 0 Å². The summed E-state index contributed by atoms with van der Waals surface area (Å²) in [6.07, 6.45) is 1.32. The van der Waals surface area contributed by atoms with Crippen molar-refractivity contribution in [1.29, 1.82) is 0 Å². The molecular formula is C12H14NO3. The van der Waals surface area contributed by atoms with E-state index in [1.807, 2.05) is 13.0 Å². The highest BCUT2D eigenvalue weighted by molar-refractivity contribution is 5.90. The number of hydrogen-bond donors (Lipinski definition) is 1. The van der Waals surface area contributed by atoms with Gasteiger partial charge < -0.3 is 10.1 Å². The molecule has 0 saturated heterocycles. The molecule has 0 aliphatic carbocycles. The molecule has 1 aromatic rings. The van der Waals surface area contributed by atoms with Gasteiger partial charge in [-0.05, 0) is 24.1 Å². The van der Waals surface area contributed by atoms with Crippen LogP contribution in [0, 0.1) is 0 Å². The fraction of sp³-hybridized carbons (Fsp3) is 0.333. The molecule has 85 valence electrons. The third-order valence-electron chi connectivity index (χ3n) is 1.99. The van der Waals surface area contributed by atoms with Crippen LogP contribution >= 0.6 is 0 Å². The fourth-order valence-corrected chi connectivity index (χ4v) is 1.30. The highest BCUT2D eigenvalue weighted by atomic mass is 16.5. The van der Waals surface area contributed by atoms with E-state index in [1.54, 1.807) is 18.2 Å². The van der Waals surface area contributed by atoms with Gasteiger partial charge in [0, 0.05) is 12.1 Å². The van der Waals surface area contributed by atoms with Gasteiger partial charge in [0.1, 0.15) is 6.61 Å². The first kappa shape index (κ1) is 12.2. The molecule has 4 heteroatoms. The van der Waals surface area contributed by atoms with Crippen LogP contribution in [-0.2, 0) is 20.9 Å². The number of carbonyl (C=O) groups excluding carboxylic acids is 2. The maximum absolute atomic E-state index is 11.3. The molecule has 0 aliphatic heterocycles. The zero-order valence-corrected chi connectivity index (χ0v) is 9.16. The van der Waals surface area contributed by atoms with Crippen molar-refractivity contribution in [2.75, 3.05) is 5.32 Å². The molecule has 1 radical (unpaired) electrons. The maximum atomic E-state index is 11.3. The van der Waals surface area contributed by atoms with Crippen molar-refractivity contribution in [2.45, 2.75) is 26.4 Å². The van der Waals surface area contributed by atoms with Crippen LogP contribution in [0.4, 0.5) is 5.69 Å². The van der Waals surface area contributed by atoms with E-state index in [9.17, 15) is 9.59 Å². The average Bonchev–Trinajstić information content (AvgIpc) is 2.27. The summed E-state index contributed by atoms with van der Waals surface area (Å²) in [4.78, 5) is 21.2. The van der Waals surface area contributed by atoms with E-state index < -0.39 is 0 Å². The molecule has 4 nitrogen and oxygen atoms in total. The number of hydrogen-bond acceptors (Lipinski definition) is 3. The molecule has 0 bridgehead atoms. The molecular weight excluding hydrogens is 206 g/mol. The van der Waals surface area contributed by atoms with Crippen LogP contribution in [0.2, 0.25) is 0 Å². The quantitative estimate of drug-likeness (QED) is 0.797. The predicted octanol–water partition coefficient (Wildman–Crippen LogP) is 2.01. The number of rotatable bonds is 6. The Hall–Kier alpha value is -1.84. The second-order valence-electron chi connectivity index (χ2n) is 3.37. The molecule has 16 heavy (non-hydrogen) atoms. The largest absolute Gasteiger partial charge is 0.452 e. The molecule has 1 N–H and O–H groups in total. The Morgan fingerprint density at radius 1 is 1.50 bits per heavy atom. The lowest BCUT2D eigenvalue weighted by Gasteiger charge is -2.06. The molecule has 0 atom stereocenters. The van der Waals surface area contributed by atoms with Gasteiger partial charge in [0.15, 0.2) is 0 Å². The lowest BCUT2D eigenvalue weighted by molar-refractivity contribution is -0.116. The number of ether oxygens (including phenoxy) is 1. The minimum atomic E-state index is -0.0116. The van der Waals surface area contributed by atoms with Gasteiger partial charge in [-0.3, -0.25) is 4.79 Å².